The fourth-order valence-corrected chi connectivity index (χ4v) is 7.49. The van der Waals surface area contributed by atoms with Crippen LogP contribution in [0.15, 0.2) is 65.0 Å². The number of carboxylic acids is 1. The maximum atomic E-state index is 13.3. The van der Waals surface area contributed by atoms with Crippen LogP contribution in [0.4, 0.5) is 0 Å². The van der Waals surface area contributed by atoms with Gasteiger partial charge in [-0.1, -0.05) is 18.2 Å². The van der Waals surface area contributed by atoms with Crippen LogP contribution in [0.3, 0.4) is 0 Å². The van der Waals surface area contributed by atoms with Crippen molar-refractivity contribution < 1.29 is 23.1 Å². The van der Waals surface area contributed by atoms with Crippen molar-refractivity contribution in [1.82, 2.24) is 8.87 Å². The maximum absolute atomic E-state index is 13.3. The lowest BCUT2D eigenvalue weighted by Crippen LogP contribution is -2.28. The van der Waals surface area contributed by atoms with Gasteiger partial charge in [-0.25, -0.2) is 8.42 Å². The number of carboxylic acid groups (broad SMARTS) is 1. The largest absolute Gasteiger partial charge is 0.491 e. The van der Waals surface area contributed by atoms with Gasteiger partial charge in [-0.05, 0) is 73.6 Å². The highest BCUT2D eigenvalue weighted by Crippen LogP contribution is 2.41. The molecule has 2 unspecified atom stereocenters. The highest BCUT2D eigenvalue weighted by atomic mass is 32.2. The molecule has 2 atom stereocenters. The summed E-state index contributed by atoms with van der Waals surface area (Å²) in [6.07, 6.45) is 5.72. The molecule has 190 valence electrons. The smallest absolute Gasteiger partial charge is 0.323 e. The van der Waals surface area contributed by atoms with E-state index in [0.29, 0.717) is 30.5 Å². The number of ether oxygens (including phenoxy) is 1. The normalized spacial score (nSPS) is 20.5. The first-order valence-corrected chi connectivity index (χ1v) is 14.5. The lowest BCUT2D eigenvalue weighted by molar-refractivity contribution is -0.137. The number of sulfonamides is 1. The zero-order valence-electron chi connectivity index (χ0n) is 20.3. The van der Waals surface area contributed by atoms with Crippen molar-refractivity contribution in [2.75, 3.05) is 13.1 Å². The number of fused-ring (bicyclic) bond motifs is 1. The first-order chi connectivity index (χ1) is 17.2. The number of thioether (sulfide) groups is 1. The highest BCUT2D eigenvalue weighted by molar-refractivity contribution is 8.02. The van der Waals surface area contributed by atoms with Crippen molar-refractivity contribution in [2.45, 2.75) is 55.4 Å². The second kappa shape index (κ2) is 9.95. The number of aliphatic carboxylic acids is 1. The van der Waals surface area contributed by atoms with Crippen molar-refractivity contribution in [3.05, 3.63) is 71.3 Å². The van der Waals surface area contributed by atoms with Crippen molar-refractivity contribution in [1.29, 1.82) is 0 Å². The van der Waals surface area contributed by atoms with Crippen molar-refractivity contribution in [3.63, 3.8) is 0 Å². The number of allylic oxidation sites excluding steroid dienone is 1. The molecule has 1 N–H and O–H groups in total. The molecule has 0 spiro atoms. The number of benzene rings is 2. The molecule has 9 heteroatoms. The third-order valence-corrected chi connectivity index (χ3v) is 9.75. The summed E-state index contributed by atoms with van der Waals surface area (Å²) >= 11 is 1.77. The Kier molecular flexibility index (Phi) is 6.89. The lowest BCUT2D eigenvalue weighted by Gasteiger charge is -2.17. The molecule has 1 aromatic heterocycles. The minimum absolute atomic E-state index is 0.00533. The molecule has 5 rings (SSSR count). The van der Waals surface area contributed by atoms with Gasteiger partial charge in [0, 0.05) is 41.4 Å². The fourth-order valence-electron chi connectivity index (χ4n) is 5.05. The summed E-state index contributed by atoms with van der Waals surface area (Å²) in [6, 6.07) is 12.9. The number of hydrogen-bond acceptors (Lipinski definition) is 5. The van der Waals surface area contributed by atoms with Crippen molar-refractivity contribution in [2.24, 2.45) is 0 Å². The number of carbonyl (C=O) groups is 1. The fraction of sp³-hybridized carbons (Fsp3) is 0.370. The van der Waals surface area contributed by atoms with E-state index in [-0.39, 0.29) is 23.5 Å². The Morgan fingerprint density at radius 3 is 2.64 bits per heavy atom. The van der Waals surface area contributed by atoms with Gasteiger partial charge in [0.2, 0.25) is 10.0 Å². The molecule has 3 aromatic rings. The molecular formula is C27H30N2O5S2. The van der Waals surface area contributed by atoms with E-state index >= 15 is 0 Å². The van der Waals surface area contributed by atoms with Gasteiger partial charge in [0.1, 0.15) is 12.3 Å². The van der Waals surface area contributed by atoms with Gasteiger partial charge in [-0.3, -0.25) is 4.79 Å². The molecule has 0 saturated carbocycles. The van der Waals surface area contributed by atoms with E-state index in [9.17, 15) is 18.3 Å². The summed E-state index contributed by atoms with van der Waals surface area (Å²) in [5.74, 6) is -0.267. The molecule has 1 fully saturated rings. The van der Waals surface area contributed by atoms with E-state index in [1.165, 1.54) is 9.87 Å². The summed E-state index contributed by atoms with van der Waals surface area (Å²) < 4.78 is 35.6. The van der Waals surface area contributed by atoms with Gasteiger partial charge in [0.05, 0.1) is 11.0 Å². The Morgan fingerprint density at radius 2 is 1.97 bits per heavy atom. The molecule has 7 nitrogen and oxygen atoms in total. The first-order valence-electron chi connectivity index (χ1n) is 12.1. The van der Waals surface area contributed by atoms with E-state index in [2.05, 4.69) is 29.7 Å². The second-order valence-electron chi connectivity index (χ2n) is 9.60. The average molecular weight is 527 g/mol. The van der Waals surface area contributed by atoms with Crippen LogP contribution in [-0.4, -0.2) is 47.6 Å². The van der Waals surface area contributed by atoms with Gasteiger partial charge in [-0.15, -0.1) is 11.8 Å². The van der Waals surface area contributed by atoms with Crippen molar-refractivity contribution in [3.8, 4) is 5.75 Å². The molecule has 0 aliphatic carbocycles. The summed E-state index contributed by atoms with van der Waals surface area (Å²) in [6.45, 7) is 4.51. The van der Waals surface area contributed by atoms with Crippen LogP contribution in [0.1, 0.15) is 49.0 Å². The maximum Gasteiger partial charge on any atom is 0.323 e. The van der Waals surface area contributed by atoms with Crippen LogP contribution in [0, 0.1) is 0 Å². The monoisotopic (exact) mass is 526 g/mol. The second-order valence-corrected chi connectivity index (χ2v) is 12.7. The number of rotatable bonds is 8. The Bertz CT molecular complexity index is 1400. The minimum Gasteiger partial charge on any atom is -0.491 e. The number of nitrogens with zero attached hydrogens (tertiary/aromatic N) is 2. The molecular weight excluding hydrogens is 496 g/mol. The third-order valence-electron chi connectivity index (χ3n) is 6.73. The van der Waals surface area contributed by atoms with E-state index in [1.807, 2.05) is 20.0 Å². The van der Waals surface area contributed by atoms with Crippen LogP contribution in [0.2, 0.25) is 0 Å². The van der Waals surface area contributed by atoms with Crippen LogP contribution in [-0.2, 0) is 21.4 Å². The Hall–Kier alpha value is -2.75. The van der Waals surface area contributed by atoms with E-state index < -0.39 is 16.0 Å². The minimum atomic E-state index is -3.64. The van der Waals surface area contributed by atoms with Gasteiger partial charge in [-0.2, -0.15) is 4.31 Å². The van der Waals surface area contributed by atoms with Crippen LogP contribution < -0.4 is 4.74 Å². The quantitative estimate of drug-likeness (QED) is 0.424. The van der Waals surface area contributed by atoms with Gasteiger partial charge >= 0.3 is 5.97 Å². The molecule has 0 bridgehead atoms. The summed E-state index contributed by atoms with van der Waals surface area (Å²) in [5.41, 5.74) is 3.07. The predicted octanol–water partition coefficient (Wildman–Crippen LogP) is 5.38. The Morgan fingerprint density at radius 1 is 1.19 bits per heavy atom. The van der Waals surface area contributed by atoms with Crippen LogP contribution in [0.25, 0.3) is 10.9 Å². The summed E-state index contributed by atoms with van der Waals surface area (Å²) in [4.78, 5) is 11.8. The standard InChI is InChI=1S/C27H30N2O5S2/c1-18(2)34-21-6-8-22(9-7-21)36(32,33)29-12-11-20(15-29)24-16-28(17-27(30)31)25-14-19(5-10-23(24)25)26-4-3-13-35-26/h3,5-10,13-14,16,18,20,26H,4,11-12,15,17H2,1-2H3,(H,30,31). The van der Waals surface area contributed by atoms with Crippen molar-refractivity contribution >= 4 is 38.7 Å². The van der Waals surface area contributed by atoms with Crippen LogP contribution in [0.5, 0.6) is 5.75 Å². The number of hydrogen-bond donors (Lipinski definition) is 1. The topological polar surface area (TPSA) is 88.8 Å². The molecule has 3 heterocycles. The molecule has 0 radical (unpaired) electrons. The molecule has 1 saturated heterocycles. The predicted molar refractivity (Wildman–Crippen MR) is 142 cm³/mol. The van der Waals surface area contributed by atoms with Gasteiger partial charge in [0.25, 0.3) is 0 Å². The zero-order valence-corrected chi connectivity index (χ0v) is 22.0. The lowest BCUT2D eigenvalue weighted by atomic mass is 9.97. The Balaban J connectivity index is 1.41. The molecule has 2 aliphatic rings. The van der Waals surface area contributed by atoms with E-state index in [4.69, 9.17) is 4.74 Å². The summed E-state index contributed by atoms with van der Waals surface area (Å²) in [7, 11) is -3.64. The molecule has 0 amide bonds. The summed E-state index contributed by atoms with van der Waals surface area (Å²) in [5, 5.41) is 12.9. The molecule has 2 aliphatic heterocycles. The number of aromatic nitrogens is 1. The highest BCUT2D eigenvalue weighted by Gasteiger charge is 2.34. The third kappa shape index (κ3) is 4.92. The van der Waals surface area contributed by atoms with Gasteiger partial charge < -0.3 is 14.4 Å². The Labute approximate surface area is 215 Å². The average Bonchev–Trinajstić information content (AvgIpc) is 3.59. The zero-order chi connectivity index (χ0) is 25.4. The molecule has 2 aromatic carbocycles. The van der Waals surface area contributed by atoms with E-state index in [1.54, 1.807) is 40.6 Å². The molecule has 36 heavy (non-hydrogen) atoms. The van der Waals surface area contributed by atoms with E-state index in [0.717, 1.165) is 22.9 Å². The van der Waals surface area contributed by atoms with Gasteiger partial charge in [0.15, 0.2) is 0 Å². The SMILES string of the molecule is CC(C)Oc1ccc(S(=O)(=O)N2CCC(c3cn(CC(=O)O)c4cc(C5CC=CS5)ccc34)C2)cc1. The first kappa shape index (κ1) is 24.9. The van der Waals surface area contributed by atoms with Crippen LogP contribution >= 0.6 is 11.8 Å².